The van der Waals surface area contributed by atoms with Crippen molar-refractivity contribution in [3.05, 3.63) is 0 Å². The average molecular weight is 256 g/mol. The van der Waals surface area contributed by atoms with Gasteiger partial charge in [-0.1, -0.05) is 12.1 Å². The maximum absolute atomic E-state index is 11.7. The van der Waals surface area contributed by atoms with Crippen molar-refractivity contribution in [3.8, 4) is 0 Å². The summed E-state index contributed by atoms with van der Waals surface area (Å²) in [6, 6.07) is 0.149. The summed E-state index contributed by atoms with van der Waals surface area (Å²) in [4.78, 5) is 16.5. The lowest BCUT2D eigenvalue weighted by molar-refractivity contribution is 0.0483. The number of carbonyl (C=O) groups is 1. The quantitative estimate of drug-likeness (QED) is 0.773. The summed E-state index contributed by atoms with van der Waals surface area (Å²) >= 11 is 0. The van der Waals surface area contributed by atoms with Gasteiger partial charge in [0.15, 0.2) is 0 Å². The van der Waals surface area contributed by atoms with Crippen LogP contribution in [0.2, 0.25) is 0 Å². The highest BCUT2D eigenvalue weighted by molar-refractivity contribution is 5.85. The van der Waals surface area contributed by atoms with Crippen LogP contribution in [0.5, 0.6) is 0 Å². The number of nitrogens with zero attached hydrogens (tertiary/aromatic N) is 1. The van der Waals surface area contributed by atoms with E-state index in [2.05, 4.69) is 17.4 Å². The molecule has 1 rings (SSSR count). The summed E-state index contributed by atoms with van der Waals surface area (Å²) in [5, 5.41) is 6.91. The lowest BCUT2D eigenvalue weighted by Crippen LogP contribution is -2.45. The van der Waals surface area contributed by atoms with Gasteiger partial charge in [-0.15, -0.1) is 0 Å². The molecular weight excluding hydrogens is 232 g/mol. The molecule has 1 saturated carbocycles. The second-order valence-electron chi connectivity index (χ2n) is 5.81. The zero-order valence-electron chi connectivity index (χ0n) is 11.9. The number of ether oxygens (including phenoxy) is 1. The number of hydrogen-bond donors (Lipinski definition) is 1. The minimum atomic E-state index is -0.454. The Morgan fingerprint density at radius 1 is 1.44 bits per heavy atom. The molecule has 0 bridgehead atoms. The highest BCUT2D eigenvalue weighted by atomic mass is 16.6. The monoisotopic (exact) mass is 256 g/mol. The lowest BCUT2D eigenvalue weighted by atomic mass is 9.85. The fraction of sp³-hybridized carbons (Fsp3) is 0.846. The summed E-state index contributed by atoms with van der Waals surface area (Å²) in [5.74, 6) is 0.347. The molecule has 1 amide bonds. The number of carbonyl (C=O) groups excluding carboxylic acids is 1. The van der Waals surface area contributed by atoms with Gasteiger partial charge in [0.2, 0.25) is 0 Å². The van der Waals surface area contributed by atoms with Gasteiger partial charge in [-0.2, -0.15) is 0 Å². The van der Waals surface area contributed by atoms with Crippen LogP contribution in [0.25, 0.3) is 0 Å². The van der Waals surface area contributed by atoms with Crippen molar-refractivity contribution >= 4 is 11.8 Å². The van der Waals surface area contributed by atoms with Crippen LogP contribution in [-0.2, 0) is 9.57 Å². The third-order valence-corrected chi connectivity index (χ3v) is 2.91. The normalized spacial score (nSPS) is 26.8. The maximum atomic E-state index is 11.7. The van der Waals surface area contributed by atoms with Gasteiger partial charge < -0.3 is 14.9 Å². The number of nitrogens with one attached hydrogen (secondary N) is 1. The number of rotatable bonds is 2. The van der Waals surface area contributed by atoms with Crippen LogP contribution >= 0.6 is 0 Å². The Morgan fingerprint density at radius 2 is 2.11 bits per heavy atom. The molecule has 2 atom stereocenters. The molecule has 0 heterocycles. The van der Waals surface area contributed by atoms with Crippen LogP contribution < -0.4 is 5.32 Å². The Balaban J connectivity index is 2.45. The van der Waals surface area contributed by atoms with Gasteiger partial charge in [-0.25, -0.2) is 4.79 Å². The van der Waals surface area contributed by atoms with Crippen LogP contribution in [-0.4, -0.2) is 30.6 Å². The summed E-state index contributed by atoms with van der Waals surface area (Å²) in [6.45, 7) is 7.69. The van der Waals surface area contributed by atoms with E-state index in [1.807, 2.05) is 20.8 Å². The van der Waals surface area contributed by atoms with Gasteiger partial charge in [0.1, 0.15) is 12.7 Å². The Morgan fingerprint density at radius 3 is 2.61 bits per heavy atom. The second kappa shape index (κ2) is 6.07. The standard InChI is InChI=1S/C13H24N2O3/c1-9-8-10(15-17-5)6-7-11(9)14-12(16)18-13(2,3)4/h9,11H,6-8H2,1-5H3,(H,14,16)/t9-,11+/m1/s1. The summed E-state index contributed by atoms with van der Waals surface area (Å²) < 4.78 is 5.26. The highest BCUT2D eigenvalue weighted by Gasteiger charge is 2.28. The van der Waals surface area contributed by atoms with Gasteiger partial charge in [0, 0.05) is 6.04 Å². The Kier molecular flexibility index (Phi) is 4.99. The molecule has 5 nitrogen and oxygen atoms in total. The summed E-state index contributed by atoms with van der Waals surface area (Å²) in [7, 11) is 1.56. The molecule has 0 unspecified atom stereocenters. The second-order valence-corrected chi connectivity index (χ2v) is 5.81. The zero-order chi connectivity index (χ0) is 13.8. The van der Waals surface area contributed by atoms with Crippen molar-refractivity contribution in [2.75, 3.05) is 7.11 Å². The predicted molar refractivity (Wildman–Crippen MR) is 70.6 cm³/mol. The minimum Gasteiger partial charge on any atom is -0.444 e. The molecule has 0 saturated heterocycles. The first-order valence-electron chi connectivity index (χ1n) is 6.40. The molecule has 0 spiro atoms. The van der Waals surface area contributed by atoms with E-state index in [9.17, 15) is 4.79 Å². The molecule has 5 heteroatoms. The van der Waals surface area contributed by atoms with Crippen molar-refractivity contribution in [2.45, 2.75) is 58.6 Å². The smallest absolute Gasteiger partial charge is 0.407 e. The van der Waals surface area contributed by atoms with Gasteiger partial charge >= 0.3 is 6.09 Å². The van der Waals surface area contributed by atoms with Gasteiger partial charge in [-0.05, 0) is 46.0 Å². The van der Waals surface area contributed by atoms with Gasteiger partial charge in [-0.3, -0.25) is 0 Å². The molecule has 0 radical (unpaired) electrons. The fourth-order valence-electron chi connectivity index (χ4n) is 2.11. The molecule has 18 heavy (non-hydrogen) atoms. The summed E-state index contributed by atoms with van der Waals surface area (Å²) in [6.07, 6.45) is 2.25. The molecule has 0 aliphatic heterocycles. The maximum Gasteiger partial charge on any atom is 0.407 e. The van der Waals surface area contributed by atoms with E-state index < -0.39 is 5.60 Å². The van der Waals surface area contributed by atoms with Gasteiger partial charge in [0.05, 0.1) is 5.71 Å². The topological polar surface area (TPSA) is 59.9 Å². The minimum absolute atomic E-state index is 0.149. The van der Waals surface area contributed by atoms with E-state index in [0.717, 1.165) is 25.0 Å². The first-order chi connectivity index (χ1) is 8.31. The van der Waals surface area contributed by atoms with Gasteiger partial charge in [0.25, 0.3) is 0 Å². The van der Waals surface area contributed by atoms with Crippen LogP contribution in [0.3, 0.4) is 0 Å². The van der Waals surface area contributed by atoms with Crippen molar-refractivity contribution in [3.63, 3.8) is 0 Å². The van der Waals surface area contributed by atoms with Crippen molar-refractivity contribution in [2.24, 2.45) is 11.1 Å². The Bertz CT molecular complexity index is 321. The molecule has 1 aliphatic carbocycles. The molecule has 1 fully saturated rings. The Hall–Kier alpha value is -1.26. The number of alkyl carbamates (subject to hydrolysis) is 1. The summed E-state index contributed by atoms with van der Waals surface area (Å²) in [5.41, 5.74) is 0.609. The molecule has 0 aromatic rings. The predicted octanol–water partition coefficient (Wildman–Crippen LogP) is 2.70. The SMILES string of the molecule is CON=C1CC[C@H](NC(=O)OC(C)(C)C)[C@H](C)C1. The third kappa shape index (κ3) is 4.94. The highest BCUT2D eigenvalue weighted by Crippen LogP contribution is 2.23. The van der Waals surface area contributed by atoms with E-state index in [4.69, 9.17) is 9.57 Å². The fourth-order valence-corrected chi connectivity index (χ4v) is 2.11. The van der Waals surface area contributed by atoms with E-state index in [1.54, 1.807) is 7.11 Å². The van der Waals surface area contributed by atoms with Crippen molar-refractivity contribution in [1.82, 2.24) is 5.32 Å². The molecule has 1 N–H and O–H groups in total. The Labute approximate surface area is 109 Å². The molecule has 104 valence electrons. The van der Waals surface area contributed by atoms with Crippen LogP contribution in [0, 0.1) is 5.92 Å². The van der Waals surface area contributed by atoms with Crippen LogP contribution in [0.1, 0.15) is 47.0 Å². The first kappa shape index (κ1) is 14.8. The molecular formula is C13H24N2O3. The third-order valence-electron chi connectivity index (χ3n) is 2.91. The molecule has 0 aromatic carbocycles. The largest absolute Gasteiger partial charge is 0.444 e. The number of amides is 1. The van der Waals surface area contributed by atoms with Crippen LogP contribution in [0.4, 0.5) is 4.79 Å². The number of oxime groups is 1. The van der Waals surface area contributed by atoms with Crippen molar-refractivity contribution < 1.29 is 14.4 Å². The van der Waals surface area contributed by atoms with E-state index in [-0.39, 0.29) is 12.1 Å². The lowest BCUT2D eigenvalue weighted by Gasteiger charge is -2.31. The average Bonchev–Trinajstić information content (AvgIpc) is 2.20. The zero-order valence-corrected chi connectivity index (χ0v) is 11.9. The molecule has 0 aromatic heterocycles. The number of hydrogen-bond acceptors (Lipinski definition) is 4. The molecule has 1 aliphatic rings. The van der Waals surface area contributed by atoms with E-state index >= 15 is 0 Å². The van der Waals surface area contributed by atoms with Crippen molar-refractivity contribution in [1.29, 1.82) is 0 Å². The first-order valence-corrected chi connectivity index (χ1v) is 6.40. The van der Waals surface area contributed by atoms with E-state index in [1.165, 1.54) is 0 Å². The van der Waals surface area contributed by atoms with E-state index in [0.29, 0.717) is 5.92 Å². The van der Waals surface area contributed by atoms with Crippen LogP contribution in [0.15, 0.2) is 5.16 Å².